The van der Waals surface area contributed by atoms with Crippen LogP contribution in [-0.4, -0.2) is 34.8 Å². The molecule has 0 saturated carbocycles. The zero-order valence-electron chi connectivity index (χ0n) is 13.4. The number of aromatic nitrogens is 1. The van der Waals surface area contributed by atoms with Crippen LogP contribution >= 0.6 is 22.9 Å². The lowest BCUT2D eigenvalue weighted by molar-refractivity contribution is 0.0754. The van der Waals surface area contributed by atoms with Crippen LogP contribution in [0.15, 0.2) is 23.7 Å². The highest BCUT2D eigenvalue weighted by molar-refractivity contribution is 7.12. The predicted molar refractivity (Wildman–Crippen MR) is 93.5 cm³/mol. The molecule has 7 heteroatoms. The van der Waals surface area contributed by atoms with E-state index in [-0.39, 0.29) is 17.9 Å². The fraction of sp³-hybridized carbons (Fsp3) is 0.312. The molecule has 2 aromatic rings. The Balaban J connectivity index is 2.26. The highest BCUT2D eigenvalue weighted by Crippen LogP contribution is 2.25. The van der Waals surface area contributed by atoms with Gasteiger partial charge in [-0.1, -0.05) is 11.6 Å². The first-order chi connectivity index (χ1) is 10.8. The van der Waals surface area contributed by atoms with Gasteiger partial charge in [-0.25, -0.2) is 4.98 Å². The standard InChI is InChI=1S/C16H18ClN3O2S/c1-9(2)20(4)16(22)11-5-6-12(17)13(7-11)19-15(21)14-10(3)18-8-23-14/h5-9H,1-4H3,(H,19,21). The number of nitrogens with one attached hydrogen (secondary N) is 1. The molecular weight excluding hydrogens is 334 g/mol. The van der Waals surface area contributed by atoms with Crippen LogP contribution in [0.4, 0.5) is 5.69 Å². The van der Waals surface area contributed by atoms with Gasteiger partial charge in [0, 0.05) is 18.7 Å². The van der Waals surface area contributed by atoms with E-state index in [4.69, 9.17) is 11.6 Å². The topological polar surface area (TPSA) is 62.3 Å². The van der Waals surface area contributed by atoms with Crippen LogP contribution in [0.3, 0.4) is 0 Å². The third kappa shape index (κ3) is 3.89. The molecule has 0 unspecified atom stereocenters. The fourth-order valence-electron chi connectivity index (χ4n) is 1.89. The number of hydrogen-bond acceptors (Lipinski definition) is 4. The van der Waals surface area contributed by atoms with Gasteiger partial charge in [-0.15, -0.1) is 11.3 Å². The summed E-state index contributed by atoms with van der Waals surface area (Å²) in [4.78, 5) is 30.9. The molecule has 0 radical (unpaired) electrons. The average Bonchev–Trinajstić information content (AvgIpc) is 2.94. The summed E-state index contributed by atoms with van der Waals surface area (Å²) >= 11 is 7.40. The lowest BCUT2D eigenvalue weighted by Gasteiger charge is -2.22. The van der Waals surface area contributed by atoms with Gasteiger partial charge in [0.1, 0.15) is 4.88 Å². The molecular formula is C16H18ClN3O2S. The van der Waals surface area contributed by atoms with Gasteiger partial charge in [0.15, 0.2) is 0 Å². The molecule has 5 nitrogen and oxygen atoms in total. The number of amides is 2. The number of aryl methyl sites for hydroxylation is 1. The molecule has 0 bridgehead atoms. The van der Waals surface area contributed by atoms with E-state index in [9.17, 15) is 9.59 Å². The Morgan fingerprint density at radius 2 is 2.04 bits per heavy atom. The molecule has 1 N–H and O–H groups in total. The summed E-state index contributed by atoms with van der Waals surface area (Å²) in [7, 11) is 1.74. The maximum Gasteiger partial charge on any atom is 0.267 e. The van der Waals surface area contributed by atoms with Crippen molar-refractivity contribution < 1.29 is 9.59 Å². The van der Waals surface area contributed by atoms with E-state index in [0.717, 1.165) is 0 Å². The number of carbonyl (C=O) groups is 2. The van der Waals surface area contributed by atoms with Crippen molar-refractivity contribution in [1.29, 1.82) is 0 Å². The first-order valence-electron chi connectivity index (χ1n) is 7.09. The number of carbonyl (C=O) groups excluding carboxylic acids is 2. The third-order valence-electron chi connectivity index (χ3n) is 3.51. The second-order valence-electron chi connectivity index (χ2n) is 5.43. The summed E-state index contributed by atoms with van der Waals surface area (Å²) in [5, 5.41) is 3.12. The Kier molecular flexibility index (Phi) is 5.38. The normalized spacial score (nSPS) is 10.7. The van der Waals surface area contributed by atoms with E-state index in [1.807, 2.05) is 13.8 Å². The van der Waals surface area contributed by atoms with Crippen LogP contribution in [0.5, 0.6) is 0 Å². The van der Waals surface area contributed by atoms with Gasteiger partial charge in [-0.05, 0) is 39.0 Å². The van der Waals surface area contributed by atoms with Crippen molar-refractivity contribution in [3.63, 3.8) is 0 Å². The zero-order chi connectivity index (χ0) is 17.1. The predicted octanol–water partition coefficient (Wildman–Crippen LogP) is 3.84. The number of anilines is 1. The molecule has 122 valence electrons. The number of nitrogens with zero attached hydrogens (tertiary/aromatic N) is 2. The van der Waals surface area contributed by atoms with Crippen LogP contribution in [0.2, 0.25) is 5.02 Å². The Morgan fingerprint density at radius 1 is 1.35 bits per heavy atom. The first kappa shape index (κ1) is 17.4. The monoisotopic (exact) mass is 351 g/mol. The highest BCUT2D eigenvalue weighted by Gasteiger charge is 2.18. The summed E-state index contributed by atoms with van der Waals surface area (Å²) in [6.45, 7) is 5.64. The summed E-state index contributed by atoms with van der Waals surface area (Å²) < 4.78 is 0. The van der Waals surface area contributed by atoms with Gasteiger partial charge in [0.25, 0.3) is 11.8 Å². The van der Waals surface area contributed by atoms with Gasteiger partial charge in [0.05, 0.1) is 21.9 Å². The van der Waals surface area contributed by atoms with Gasteiger partial charge in [-0.3, -0.25) is 9.59 Å². The molecule has 1 heterocycles. The maximum atomic E-state index is 12.4. The second kappa shape index (κ2) is 7.10. The van der Waals surface area contributed by atoms with Crippen LogP contribution in [0, 0.1) is 6.92 Å². The smallest absolute Gasteiger partial charge is 0.267 e. The SMILES string of the molecule is Cc1ncsc1C(=O)Nc1cc(C(=O)N(C)C(C)C)ccc1Cl. The summed E-state index contributed by atoms with van der Waals surface area (Å²) in [6.07, 6.45) is 0. The number of hydrogen-bond donors (Lipinski definition) is 1. The summed E-state index contributed by atoms with van der Waals surface area (Å²) in [5.74, 6) is -0.408. The van der Waals surface area contributed by atoms with Crippen LogP contribution in [-0.2, 0) is 0 Å². The van der Waals surface area contributed by atoms with Crippen molar-refractivity contribution in [3.8, 4) is 0 Å². The summed E-state index contributed by atoms with van der Waals surface area (Å²) in [5.41, 5.74) is 3.16. The van der Waals surface area contributed by atoms with E-state index >= 15 is 0 Å². The molecule has 0 aliphatic heterocycles. The molecule has 0 aliphatic carbocycles. The van der Waals surface area contributed by atoms with Gasteiger partial charge in [-0.2, -0.15) is 0 Å². The van der Waals surface area contributed by atoms with Crippen LogP contribution in [0.1, 0.15) is 39.6 Å². The number of benzene rings is 1. The number of rotatable bonds is 4. The molecule has 1 aromatic carbocycles. The van der Waals surface area contributed by atoms with E-state index in [0.29, 0.717) is 26.8 Å². The van der Waals surface area contributed by atoms with E-state index in [2.05, 4.69) is 10.3 Å². The van der Waals surface area contributed by atoms with E-state index in [1.165, 1.54) is 11.3 Å². The van der Waals surface area contributed by atoms with Crippen molar-refractivity contribution in [2.45, 2.75) is 26.8 Å². The molecule has 0 aliphatic rings. The molecule has 0 saturated heterocycles. The fourth-order valence-corrected chi connectivity index (χ4v) is 2.75. The molecule has 0 spiro atoms. The number of halogens is 1. The minimum absolute atomic E-state index is 0.0797. The minimum atomic E-state index is -0.284. The Hall–Kier alpha value is -1.92. The molecule has 0 fully saturated rings. The Labute approximate surface area is 144 Å². The lowest BCUT2D eigenvalue weighted by atomic mass is 10.1. The van der Waals surface area contributed by atoms with Crippen molar-refractivity contribution >= 4 is 40.4 Å². The quantitative estimate of drug-likeness (QED) is 0.910. The minimum Gasteiger partial charge on any atom is -0.339 e. The molecule has 2 rings (SSSR count). The summed E-state index contributed by atoms with van der Waals surface area (Å²) in [6, 6.07) is 4.93. The highest BCUT2D eigenvalue weighted by atomic mass is 35.5. The van der Waals surface area contributed by atoms with Gasteiger partial charge < -0.3 is 10.2 Å². The average molecular weight is 352 g/mol. The Bertz CT molecular complexity index is 743. The lowest BCUT2D eigenvalue weighted by Crippen LogP contribution is -2.33. The van der Waals surface area contributed by atoms with E-state index < -0.39 is 0 Å². The van der Waals surface area contributed by atoms with Crippen molar-refractivity contribution in [1.82, 2.24) is 9.88 Å². The van der Waals surface area contributed by atoms with Crippen molar-refractivity contribution in [2.75, 3.05) is 12.4 Å². The molecule has 0 atom stereocenters. The van der Waals surface area contributed by atoms with Gasteiger partial charge >= 0.3 is 0 Å². The van der Waals surface area contributed by atoms with Gasteiger partial charge in [0.2, 0.25) is 0 Å². The maximum absolute atomic E-state index is 12.4. The molecule has 23 heavy (non-hydrogen) atoms. The first-order valence-corrected chi connectivity index (χ1v) is 8.35. The third-order valence-corrected chi connectivity index (χ3v) is 4.77. The van der Waals surface area contributed by atoms with E-state index in [1.54, 1.807) is 42.6 Å². The Morgan fingerprint density at radius 3 is 2.61 bits per heavy atom. The molecule has 1 aromatic heterocycles. The largest absolute Gasteiger partial charge is 0.339 e. The van der Waals surface area contributed by atoms with Crippen LogP contribution < -0.4 is 5.32 Å². The second-order valence-corrected chi connectivity index (χ2v) is 6.69. The van der Waals surface area contributed by atoms with Crippen molar-refractivity contribution in [3.05, 3.63) is 44.9 Å². The van der Waals surface area contributed by atoms with Crippen LogP contribution in [0.25, 0.3) is 0 Å². The van der Waals surface area contributed by atoms with Crippen molar-refractivity contribution in [2.24, 2.45) is 0 Å². The zero-order valence-corrected chi connectivity index (χ0v) is 15.0. The molecule has 2 amide bonds. The number of thiazole rings is 1.